The normalized spacial score (nSPS) is 10.6. The van der Waals surface area contributed by atoms with Crippen molar-refractivity contribution >= 4 is 11.8 Å². The van der Waals surface area contributed by atoms with Crippen molar-refractivity contribution in [1.82, 2.24) is 0 Å². The average molecular weight is 257 g/mol. The molecule has 2 N–H and O–H groups in total. The monoisotopic (exact) mass is 257 g/mol. The maximum Gasteiger partial charge on any atom is 0.0232 e. The van der Waals surface area contributed by atoms with E-state index in [2.05, 4.69) is 56.3 Å². The molecule has 0 spiro atoms. The van der Waals surface area contributed by atoms with Crippen LogP contribution in [0, 0.1) is 13.8 Å². The quantitative estimate of drug-likeness (QED) is 0.836. The lowest BCUT2D eigenvalue weighted by Crippen LogP contribution is -1.99. The summed E-state index contributed by atoms with van der Waals surface area (Å²) in [5, 5.41) is 0. The Kier molecular flexibility index (Phi) is 4.45. The Bertz CT molecular complexity index is 534. The van der Waals surface area contributed by atoms with Crippen LogP contribution in [0.25, 0.3) is 0 Å². The highest BCUT2D eigenvalue weighted by atomic mass is 32.2. The van der Waals surface area contributed by atoms with Crippen molar-refractivity contribution in [2.45, 2.75) is 31.0 Å². The van der Waals surface area contributed by atoms with Crippen molar-refractivity contribution in [3.8, 4) is 0 Å². The zero-order valence-corrected chi connectivity index (χ0v) is 11.8. The van der Waals surface area contributed by atoms with Gasteiger partial charge >= 0.3 is 0 Å². The zero-order chi connectivity index (χ0) is 13.0. The van der Waals surface area contributed by atoms with Gasteiger partial charge in [0.25, 0.3) is 0 Å². The van der Waals surface area contributed by atoms with E-state index >= 15 is 0 Å². The van der Waals surface area contributed by atoms with E-state index in [-0.39, 0.29) is 0 Å². The standard InChI is InChI=1S/C16H19NS/c1-12-4-3-5-14(8-12)11-18-16-7-6-13(2)9-15(16)10-17/h3-9H,10-11,17H2,1-2H3. The van der Waals surface area contributed by atoms with Crippen molar-refractivity contribution in [2.75, 3.05) is 0 Å². The number of hydrogen-bond acceptors (Lipinski definition) is 2. The lowest BCUT2D eigenvalue weighted by molar-refractivity contribution is 1.02. The molecule has 0 saturated carbocycles. The predicted octanol–water partition coefficient (Wildman–Crippen LogP) is 4.05. The molecule has 2 aromatic carbocycles. The molecule has 94 valence electrons. The van der Waals surface area contributed by atoms with E-state index in [4.69, 9.17) is 5.73 Å². The van der Waals surface area contributed by atoms with Crippen LogP contribution < -0.4 is 5.73 Å². The fourth-order valence-corrected chi connectivity index (χ4v) is 2.97. The number of nitrogens with two attached hydrogens (primary N) is 1. The molecule has 0 aliphatic heterocycles. The summed E-state index contributed by atoms with van der Waals surface area (Å²) >= 11 is 1.86. The van der Waals surface area contributed by atoms with Crippen LogP contribution in [0.15, 0.2) is 47.4 Å². The van der Waals surface area contributed by atoms with E-state index in [1.54, 1.807) is 0 Å². The first kappa shape index (κ1) is 13.2. The highest BCUT2D eigenvalue weighted by Gasteiger charge is 2.03. The first-order valence-electron chi connectivity index (χ1n) is 6.17. The summed E-state index contributed by atoms with van der Waals surface area (Å²) in [7, 11) is 0. The van der Waals surface area contributed by atoms with Crippen molar-refractivity contribution in [3.05, 3.63) is 64.7 Å². The molecule has 0 aliphatic carbocycles. The van der Waals surface area contributed by atoms with Gasteiger partial charge in [0.1, 0.15) is 0 Å². The first-order valence-corrected chi connectivity index (χ1v) is 7.15. The second-order valence-corrected chi connectivity index (χ2v) is 5.61. The second-order valence-electron chi connectivity index (χ2n) is 4.59. The van der Waals surface area contributed by atoms with Gasteiger partial charge in [-0.15, -0.1) is 11.8 Å². The summed E-state index contributed by atoms with van der Waals surface area (Å²) < 4.78 is 0. The van der Waals surface area contributed by atoms with E-state index in [9.17, 15) is 0 Å². The Morgan fingerprint density at radius 2 is 1.78 bits per heavy atom. The molecule has 0 fully saturated rings. The zero-order valence-electron chi connectivity index (χ0n) is 10.9. The number of hydrogen-bond donors (Lipinski definition) is 1. The third-order valence-corrected chi connectivity index (χ3v) is 4.10. The highest BCUT2D eigenvalue weighted by molar-refractivity contribution is 7.98. The lowest BCUT2D eigenvalue weighted by atomic mass is 10.1. The van der Waals surface area contributed by atoms with Gasteiger partial charge in [-0.05, 0) is 31.0 Å². The van der Waals surface area contributed by atoms with Crippen LogP contribution >= 0.6 is 11.8 Å². The van der Waals surface area contributed by atoms with Gasteiger partial charge in [-0.25, -0.2) is 0 Å². The Labute approximate surface area is 113 Å². The van der Waals surface area contributed by atoms with Gasteiger partial charge in [0.15, 0.2) is 0 Å². The molecule has 0 saturated heterocycles. The molecule has 0 aliphatic rings. The van der Waals surface area contributed by atoms with Crippen LogP contribution in [0.4, 0.5) is 0 Å². The van der Waals surface area contributed by atoms with Gasteiger partial charge in [-0.3, -0.25) is 0 Å². The molecule has 0 radical (unpaired) electrons. The minimum atomic E-state index is 0.609. The van der Waals surface area contributed by atoms with Gasteiger partial charge < -0.3 is 5.73 Å². The smallest absolute Gasteiger partial charge is 0.0232 e. The molecule has 0 unspecified atom stereocenters. The van der Waals surface area contributed by atoms with Crippen molar-refractivity contribution < 1.29 is 0 Å². The first-order chi connectivity index (χ1) is 8.69. The molecule has 0 bridgehead atoms. The summed E-state index contributed by atoms with van der Waals surface area (Å²) in [5.41, 5.74) is 11.0. The minimum Gasteiger partial charge on any atom is -0.326 e. The van der Waals surface area contributed by atoms with Crippen LogP contribution in [0.5, 0.6) is 0 Å². The van der Waals surface area contributed by atoms with Gasteiger partial charge in [-0.1, -0.05) is 47.5 Å². The number of thioether (sulfide) groups is 1. The third kappa shape index (κ3) is 3.37. The largest absolute Gasteiger partial charge is 0.326 e. The molecule has 0 amide bonds. The van der Waals surface area contributed by atoms with Gasteiger partial charge in [0.05, 0.1) is 0 Å². The Balaban J connectivity index is 2.10. The van der Waals surface area contributed by atoms with Gasteiger partial charge in [-0.2, -0.15) is 0 Å². The summed E-state index contributed by atoms with van der Waals surface area (Å²) in [4.78, 5) is 1.30. The molecule has 18 heavy (non-hydrogen) atoms. The molecular formula is C16H19NS. The van der Waals surface area contributed by atoms with Crippen molar-refractivity contribution in [2.24, 2.45) is 5.73 Å². The number of rotatable bonds is 4. The molecular weight excluding hydrogens is 238 g/mol. The molecule has 2 heteroatoms. The average Bonchev–Trinajstić information content (AvgIpc) is 2.37. The van der Waals surface area contributed by atoms with Crippen LogP contribution in [-0.2, 0) is 12.3 Å². The van der Waals surface area contributed by atoms with Crippen LogP contribution in [0.2, 0.25) is 0 Å². The van der Waals surface area contributed by atoms with E-state index in [1.807, 2.05) is 11.8 Å². The van der Waals surface area contributed by atoms with Gasteiger partial charge in [0.2, 0.25) is 0 Å². The fourth-order valence-electron chi connectivity index (χ4n) is 1.97. The van der Waals surface area contributed by atoms with E-state index in [1.165, 1.54) is 27.1 Å². The summed E-state index contributed by atoms with van der Waals surface area (Å²) in [5.74, 6) is 0.998. The molecule has 0 heterocycles. The van der Waals surface area contributed by atoms with E-state index < -0.39 is 0 Å². The molecule has 0 aromatic heterocycles. The third-order valence-electron chi connectivity index (χ3n) is 2.91. The summed E-state index contributed by atoms with van der Waals surface area (Å²) in [6.45, 7) is 4.84. The van der Waals surface area contributed by atoms with Gasteiger partial charge in [0, 0.05) is 17.2 Å². The maximum absolute atomic E-state index is 5.80. The highest BCUT2D eigenvalue weighted by Crippen LogP contribution is 2.27. The second kappa shape index (κ2) is 6.07. The number of benzene rings is 2. The fraction of sp³-hybridized carbons (Fsp3) is 0.250. The van der Waals surface area contributed by atoms with Crippen LogP contribution in [0.1, 0.15) is 22.3 Å². The number of aryl methyl sites for hydroxylation is 2. The van der Waals surface area contributed by atoms with E-state index in [0.717, 1.165) is 5.75 Å². The van der Waals surface area contributed by atoms with E-state index in [0.29, 0.717) is 6.54 Å². The molecule has 2 rings (SSSR count). The Morgan fingerprint density at radius 1 is 1.00 bits per heavy atom. The Morgan fingerprint density at radius 3 is 2.50 bits per heavy atom. The van der Waals surface area contributed by atoms with Crippen LogP contribution in [0.3, 0.4) is 0 Å². The van der Waals surface area contributed by atoms with Crippen molar-refractivity contribution in [3.63, 3.8) is 0 Å². The SMILES string of the molecule is Cc1cccc(CSc2ccc(C)cc2CN)c1. The topological polar surface area (TPSA) is 26.0 Å². The molecule has 0 atom stereocenters. The van der Waals surface area contributed by atoms with Crippen LogP contribution in [-0.4, -0.2) is 0 Å². The summed E-state index contributed by atoms with van der Waals surface area (Å²) in [6.07, 6.45) is 0. The Hall–Kier alpha value is -1.25. The van der Waals surface area contributed by atoms with Crippen molar-refractivity contribution in [1.29, 1.82) is 0 Å². The lowest BCUT2D eigenvalue weighted by Gasteiger charge is -2.09. The predicted molar refractivity (Wildman–Crippen MR) is 79.8 cm³/mol. The minimum absolute atomic E-state index is 0.609. The summed E-state index contributed by atoms with van der Waals surface area (Å²) in [6, 6.07) is 15.2. The molecule has 2 aromatic rings. The maximum atomic E-state index is 5.80. The molecule has 1 nitrogen and oxygen atoms in total.